The van der Waals surface area contributed by atoms with Crippen LogP contribution in [-0.2, 0) is 78.4 Å². The second-order valence-electron chi connectivity index (χ2n) is 28.0. The summed E-state index contributed by atoms with van der Waals surface area (Å²) in [6, 6.07) is 15.3. The molecule has 31 nitrogen and oxygen atoms in total. The van der Waals surface area contributed by atoms with E-state index in [-0.39, 0.29) is 76.0 Å². The zero-order valence-electron chi connectivity index (χ0n) is 65.3. The number of nitrogens with one attached hydrogen (secondary N) is 13. The number of halogens is 1. The number of phenolic OH excluding ortho intramolecular Hbond substituents is 1. The minimum atomic E-state index is -1.82. The molecule has 11 amide bonds. The highest BCUT2D eigenvalue weighted by molar-refractivity contribution is 6.30. The molecule has 2 heterocycles. The number of guanidine groups is 2. The van der Waals surface area contributed by atoms with E-state index in [1.54, 1.807) is 36.4 Å². The fourth-order valence-electron chi connectivity index (χ4n) is 12.7. The van der Waals surface area contributed by atoms with Crippen LogP contribution in [-0.4, -0.2) is 210 Å². The molecule has 4 aromatic carbocycles. The lowest BCUT2D eigenvalue weighted by atomic mass is 9.99. The number of aromatic nitrogens is 1. The van der Waals surface area contributed by atoms with Crippen LogP contribution < -0.4 is 74.9 Å². The number of aliphatic hydroxyl groups is 1. The van der Waals surface area contributed by atoms with Crippen LogP contribution in [0.4, 0.5) is 0 Å². The first-order chi connectivity index (χ1) is 53.7. The maximum absolute atomic E-state index is 15.2. The Morgan fingerprint density at radius 1 is 0.518 bits per heavy atom. The summed E-state index contributed by atoms with van der Waals surface area (Å²) >= 11 is 6.26. The third-order valence-electron chi connectivity index (χ3n) is 18.5. The van der Waals surface area contributed by atoms with E-state index in [1.807, 2.05) is 84.0 Å². The summed E-state index contributed by atoms with van der Waals surface area (Å²) < 4.78 is 0. The Kier molecular flexibility index (Phi) is 38.0. The quantitative estimate of drug-likeness (QED) is 0.0151. The number of aliphatic imine (C=N–C) groups is 2. The number of aliphatic hydroxyl groups excluding tert-OH is 1. The number of unbranched alkanes of at least 4 members (excludes halogenated alkanes) is 2. The van der Waals surface area contributed by atoms with Gasteiger partial charge >= 0.3 is 0 Å². The molecule has 1 aliphatic rings. The number of nitrogens with two attached hydrogens (primary N) is 1. The van der Waals surface area contributed by atoms with E-state index in [2.05, 4.69) is 84.1 Å². The van der Waals surface area contributed by atoms with Gasteiger partial charge in [-0.1, -0.05) is 98.2 Å². The van der Waals surface area contributed by atoms with Crippen molar-refractivity contribution in [3.8, 4) is 5.75 Å². The minimum Gasteiger partial charge on any atom is -0.508 e. The van der Waals surface area contributed by atoms with Crippen LogP contribution in [0.25, 0.3) is 10.8 Å². The molecule has 0 bridgehead atoms. The van der Waals surface area contributed by atoms with Crippen molar-refractivity contribution >= 4 is 99.3 Å². The summed E-state index contributed by atoms with van der Waals surface area (Å²) in [6.07, 6.45) is 4.77. The summed E-state index contributed by atoms with van der Waals surface area (Å²) in [5.41, 5.74) is 7.61. The van der Waals surface area contributed by atoms with E-state index >= 15 is 9.59 Å². The first-order valence-electron chi connectivity index (χ1n) is 38.6. The molecule has 0 saturated carbocycles. The van der Waals surface area contributed by atoms with Gasteiger partial charge in [-0.05, 0) is 162 Å². The molecule has 10 atom stereocenters. The summed E-state index contributed by atoms with van der Waals surface area (Å²) in [5.74, 6) is -7.72. The number of rotatable bonds is 44. The SMILES string of the molecule is CCNC(=NCCCC[C@H](NC(=O)[C@H](CC(C)C)NC(=O)[C@@H](CCCCN=C(NCC)NCC)NC(=O)[C@@H](Cc1ccc(O)cc1)NC(=O)[C@H](CO)NC(=O)[C@@H](Cc1cccnc1)NC(=O)[C@@H](Cc1ccc(Cl)cc1)NC(=O)[C@@H](Cc1ccc2ccccc2c1)NC(C)=O)C(=O)N1CCC[C@H]1C(=O)N[C@H](C)C(N)=O)NCC. The maximum atomic E-state index is 15.2. The van der Waals surface area contributed by atoms with Crippen molar-refractivity contribution in [1.82, 2.24) is 79.0 Å². The Balaban J connectivity index is 1.29. The summed E-state index contributed by atoms with van der Waals surface area (Å²) in [4.78, 5) is 172. The Morgan fingerprint density at radius 2 is 0.964 bits per heavy atom. The molecule has 0 radical (unpaired) electrons. The third kappa shape index (κ3) is 30.4. The van der Waals surface area contributed by atoms with E-state index in [9.17, 15) is 53.4 Å². The number of phenols is 1. The average Bonchev–Trinajstić information content (AvgIpc) is 1.06. The number of fused-ring (bicyclic) bond motifs is 1. The summed E-state index contributed by atoms with van der Waals surface area (Å²) in [5, 5.41) is 60.9. The highest BCUT2D eigenvalue weighted by Crippen LogP contribution is 2.23. The van der Waals surface area contributed by atoms with Crippen LogP contribution in [0.3, 0.4) is 0 Å². The smallest absolute Gasteiger partial charge is 0.245 e. The van der Waals surface area contributed by atoms with Crippen LogP contribution in [0.5, 0.6) is 5.75 Å². The van der Waals surface area contributed by atoms with Gasteiger partial charge in [0.05, 0.1) is 6.61 Å². The molecule has 608 valence electrons. The maximum Gasteiger partial charge on any atom is 0.245 e. The lowest BCUT2D eigenvalue weighted by Crippen LogP contribution is -2.61. The van der Waals surface area contributed by atoms with E-state index < -0.39 is 132 Å². The molecule has 6 rings (SSSR count). The first kappa shape index (κ1) is 89.9. The van der Waals surface area contributed by atoms with Crippen LogP contribution in [0.1, 0.15) is 135 Å². The molecule has 0 aliphatic carbocycles. The topological polar surface area (TPSA) is 451 Å². The number of hydrogen-bond donors (Lipinski definition) is 16. The zero-order chi connectivity index (χ0) is 81.7. The number of nitrogens with zero attached hydrogens (tertiary/aromatic N) is 4. The van der Waals surface area contributed by atoms with Gasteiger partial charge in [0.25, 0.3) is 0 Å². The number of carbonyl (C=O) groups is 11. The van der Waals surface area contributed by atoms with Crippen molar-refractivity contribution in [3.63, 3.8) is 0 Å². The van der Waals surface area contributed by atoms with Gasteiger partial charge in [0.15, 0.2) is 11.9 Å². The van der Waals surface area contributed by atoms with Gasteiger partial charge < -0.3 is 90.0 Å². The number of primary amides is 1. The Morgan fingerprint density at radius 3 is 1.47 bits per heavy atom. The number of aromatic hydroxyl groups is 1. The van der Waals surface area contributed by atoms with Crippen LogP contribution in [0.15, 0.2) is 126 Å². The van der Waals surface area contributed by atoms with E-state index in [0.717, 1.165) is 10.8 Å². The highest BCUT2D eigenvalue weighted by Gasteiger charge is 2.40. The fraction of sp³-hybridized carbons (Fsp3) is 0.500. The molecule has 32 heteroatoms. The molecule has 112 heavy (non-hydrogen) atoms. The largest absolute Gasteiger partial charge is 0.508 e. The van der Waals surface area contributed by atoms with Crippen LogP contribution in [0.2, 0.25) is 5.02 Å². The molecule has 17 N–H and O–H groups in total. The van der Waals surface area contributed by atoms with Gasteiger partial charge in [-0.25, -0.2) is 0 Å². The molecule has 5 aromatic rings. The number of hydrogen-bond acceptors (Lipinski definition) is 16. The zero-order valence-corrected chi connectivity index (χ0v) is 66.1. The number of likely N-dealkylation sites (tertiary alicyclic amines) is 1. The molecule has 1 saturated heterocycles. The van der Waals surface area contributed by atoms with Crippen molar-refractivity contribution in [1.29, 1.82) is 0 Å². The standard InChI is InChI=1S/C80H113ClN18O13/c1-9-84-79(85-10-2)88-38-17-15-24-60(70(104)94-62(41-49(5)6)71(105)93-61(25-16-18-39-89-80(86-11-3)87-12-4)78(112)99-40-20-26-68(99)77(111)90-50(7)69(82)103)92-73(107)64(44-53-30-35-59(102)36-31-53)97-76(110)67(48-100)98-75(109)66(46-55-21-19-37-83-47-55)96-74(108)65(43-52-28-33-58(81)34-29-52)95-72(106)63(91-51(8)101)45-54-27-32-56-22-13-14-23-57(56)42-54/h13-14,19,21-23,27-37,42,47,49-50,60-68,100,102H,9-12,15-18,20,24-26,38-41,43-46,48H2,1-8H3,(H2,82,103)(H,90,111)(H,91,101)(H,92,107)(H,93,105)(H,94,104)(H,95,106)(H,96,108)(H,97,110)(H,98,109)(H2,84,85,88)(H2,86,87,89)/t50-,60-,61+,62+,63-,64-,65-,66-,67+,68+/m1/s1. The number of amides is 11. The minimum absolute atomic E-state index is 0.0365. The Hall–Kier alpha value is -10.9. The third-order valence-corrected chi connectivity index (χ3v) is 18.7. The summed E-state index contributed by atoms with van der Waals surface area (Å²) in [7, 11) is 0. The molecule has 1 fully saturated rings. The fourth-order valence-corrected chi connectivity index (χ4v) is 12.8. The lowest BCUT2D eigenvalue weighted by Gasteiger charge is -2.31. The highest BCUT2D eigenvalue weighted by atomic mass is 35.5. The predicted molar refractivity (Wildman–Crippen MR) is 429 cm³/mol. The van der Waals surface area contributed by atoms with Gasteiger partial charge in [-0.2, -0.15) is 0 Å². The van der Waals surface area contributed by atoms with Crippen molar-refractivity contribution in [2.24, 2.45) is 21.6 Å². The number of carbonyl (C=O) groups excluding carboxylic acids is 11. The Bertz CT molecular complexity index is 3970. The van der Waals surface area contributed by atoms with Gasteiger partial charge in [-0.15, -0.1) is 0 Å². The number of benzene rings is 4. The van der Waals surface area contributed by atoms with E-state index in [1.165, 1.54) is 55.4 Å². The Labute approximate surface area is 660 Å². The first-order valence-corrected chi connectivity index (χ1v) is 38.9. The van der Waals surface area contributed by atoms with Crippen LogP contribution in [0, 0.1) is 5.92 Å². The van der Waals surface area contributed by atoms with Gasteiger partial charge in [0, 0.05) is 95.8 Å². The monoisotopic (exact) mass is 1570 g/mol. The van der Waals surface area contributed by atoms with Gasteiger partial charge in [0.1, 0.15) is 66.2 Å². The second kappa shape index (κ2) is 47.3. The van der Waals surface area contributed by atoms with Gasteiger partial charge in [0.2, 0.25) is 65.0 Å². The van der Waals surface area contributed by atoms with E-state index in [4.69, 9.17) is 17.3 Å². The molecular weight excluding hydrogens is 1460 g/mol. The molecule has 0 spiro atoms. The lowest BCUT2D eigenvalue weighted by molar-refractivity contribution is -0.142. The molecule has 0 unspecified atom stereocenters. The van der Waals surface area contributed by atoms with Gasteiger partial charge in [-0.3, -0.25) is 67.7 Å². The van der Waals surface area contributed by atoms with E-state index in [0.29, 0.717) is 104 Å². The average molecular weight is 1570 g/mol. The molecular formula is C80H113ClN18O13. The van der Waals surface area contributed by atoms with Crippen LogP contribution >= 0.6 is 11.6 Å². The molecule has 1 aromatic heterocycles. The predicted octanol–water partition coefficient (Wildman–Crippen LogP) is 2.27. The van der Waals surface area contributed by atoms with Crippen molar-refractivity contribution in [2.75, 3.05) is 52.4 Å². The normalized spacial score (nSPS) is 14.8. The van der Waals surface area contributed by atoms with Crippen molar-refractivity contribution in [2.45, 2.75) is 199 Å². The second-order valence-corrected chi connectivity index (χ2v) is 28.5. The summed E-state index contributed by atoms with van der Waals surface area (Å²) in [6.45, 7) is 16.3. The van der Waals surface area contributed by atoms with Crippen molar-refractivity contribution in [3.05, 3.63) is 143 Å². The van der Waals surface area contributed by atoms with Crippen molar-refractivity contribution < 1.29 is 63.0 Å². The molecule has 1 aliphatic heterocycles. The number of pyridine rings is 1.